The van der Waals surface area contributed by atoms with E-state index in [0.717, 1.165) is 0 Å². The molecule has 4 atom stereocenters. The van der Waals surface area contributed by atoms with E-state index in [-0.39, 0.29) is 5.82 Å². The Bertz CT molecular complexity index is 647. The number of imidazole rings is 1. The topological polar surface area (TPSA) is 140 Å². The van der Waals surface area contributed by atoms with Crippen LogP contribution in [0.3, 0.4) is 0 Å². The van der Waals surface area contributed by atoms with E-state index in [0.29, 0.717) is 11.2 Å². The molecule has 1 aliphatic heterocycles. The molecule has 0 aromatic carbocycles. The molecule has 0 aliphatic carbocycles. The second-order valence-electron chi connectivity index (χ2n) is 4.87. The van der Waals surface area contributed by atoms with Crippen molar-refractivity contribution >= 4 is 17.0 Å². The van der Waals surface area contributed by atoms with E-state index in [4.69, 9.17) is 10.5 Å². The summed E-state index contributed by atoms with van der Waals surface area (Å²) >= 11 is 0. The maximum atomic E-state index is 10.2. The minimum atomic E-state index is -1.30. The first-order valence-corrected chi connectivity index (χ1v) is 6.08. The van der Waals surface area contributed by atoms with E-state index >= 15 is 0 Å². The number of ether oxygens (including phenoxy) is 1. The molecular weight excluding hydrogens is 266 g/mol. The van der Waals surface area contributed by atoms with E-state index in [1.165, 1.54) is 17.2 Å². The average Bonchev–Trinajstić information content (AvgIpc) is 2.96. The SMILES string of the molecule is C[C@@]1(n2cnc3c(N)ncnc32)O[C@H](CO)[C@@H](O)[C@H]1O. The van der Waals surface area contributed by atoms with Crippen molar-refractivity contribution < 1.29 is 20.1 Å². The van der Waals surface area contributed by atoms with Crippen LogP contribution in [-0.4, -0.2) is 59.8 Å². The smallest absolute Gasteiger partial charge is 0.173 e. The van der Waals surface area contributed by atoms with Crippen molar-refractivity contribution in [3.63, 3.8) is 0 Å². The highest BCUT2D eigenvalue weighted by Gasteiger charge is 2.52. The molecule has 0 spiro atoms. The lowest BCUT2D eigenvalue weighted by molar-refractivity contribution is -0.132. The van der Waals surface area contributed by atoms with E-state index in [2.05, 4.69) is 15.0 Å². The lowest BCUT2D eigenvalue weighted by Crippen LogP contribution is -2.43. The number of fused-ring (bicyclic) bond motifs is 1. The highest BCUT2D eigenvalue weighted by atomic mass is 16.6. The molecule has 1 aliphatic rings. The highest BCUT2D eigenvalue weighted by molar-refractivity contribution is 5.81. The van der Waals surface area contributed by atoms with Gasteiger partial charge in [-0.3, -0.25) is 4.57 Å². The molecule has 0 amide bonds. The Labute approximate surface area is 113 Å². The number of nitrogen functional groups attached to an aromatic ring is 1. The van der Waals surface area contributed by atoms with Gasteiger partial charge in [-0.25, -0.2) is 15.0 Å². The zero-order chi connectivity index (χ0) is 14.5. The number of aliphatic hydroxyl groups is 3. The van der Waals surface area contributed by atoms with Crippen molar-refractivity contribution in [2.45, 2.75) is 31.0 Å². The van der Waals surface area contributed by atoms with Gasteiger partial charge in [0, 0.05) is 0 Å². The van der Waals surface area contributed by atoms with Crippen LogP contribution in [0.4, 0.5) is 5.82 Å². The molecule has 0 bridgehead atoms. The number of aromatic nitrogens is 4. The third-order valence-corrected chi connectivity index (χ3v) is 3.66. The number of rotatable bonds is 2. The summed E-state index contributed by atoms with van der Waals surface area (Å²) in [5.41, 5.74) is 5.16. The Morgan fingerprint density at radius 2 is 2.15 bits per heavy atom. The summed E-state index contributed by atoms with van der Waals surface area (Å²) in [5, 5.41) is 29.3. The van der Waals surface area contributed by atoms with Crippen molar-refractivity contribution in [2.24, 2.45) is 0 Å². The van der Waals surface area contributed by atoms with Gasteiger partial charge in [-0.05, 0) is 6.92 Å². The molecule has 1 saturated heterocycles. The number of hydrogen-bond acceptors (Lipinski definition) is 8. The average molecular weight is 281 g/mol. The Morgan fingerprint density at radius 1 is 1.40 bits per heavy atom. The third-order valence-electron chi connectivity index (χ3n) is 3.66. The molecule has 9 nitrogen and oxygen atoms in total. The second kappa shape index (κ2) is 4.35. The summed E-state index contributed by atoms with van der Waals surface area (Å²) in [4.78, 5) is 12.0. The summed E-state index contributed by atoms with van der Waals surface area (Å²) in [6.45, 7) is 1.17. The van der Waals surface area contributed by atoms with Crippen molar-refractivity contribution in [2.75, 3.05) is 12.3 Å². The summed E-state index contributed by atoms with van der Waals surface area (Å²) in [7, 11) is 0. The minimum absolute atomic E-state index is 0.212. The van der Waals surface area contributed by atoms with Gasteiger partial charge in [0.2, 0.25) is 0 Å². The highest BCUT2D eigenvalue weighted by Crippen LogP contribution is 2.37. The van der Waals surface area contributed by atoms with Crippen LogP contribution in [-0.2, 0) is 10.5 Å². The van der Waals surface area contributed by atoms with Gasteiger partial charge in [-0.1, -0.05) is 0 Å². The Hall–Kier alpha value is -1.81. The van der Waals surface area contributed by atoms with Gasteiger partial charge < -0.3 is 25.8 Å². The molecule has 108 valence electrons. The first-order chi connectivity index (χ1) is 9.49. The van der Waals surface area contributed by atoms with Crippen LogP contribution in [0.15, 0.2) is 12.7 Å². The molecule has 3 rings (SSSR count). The van der Waals surface area contributed by atoms with Crippen LogP contribution in [0.1, 0.15) is 6.92 Å². The predicted octanol–water partition coefficient (Wildman–Crippen LogP) is -1.81. The zero-order valence-corrected chi connectivity index (χ0v) is 10.7. The van der Waals surface area contributed by atoms with Crippen molar-refractivity contribution in [3.8, 4) is 0 Å². The maximum absolute atomic E-state index is 10.2. The Balaban J connectivity index is 2.13. The quantitative estimate of drug-likeness (QED) is 0.505. The van der Waals surface area contributed by atoms with E-state index in [9.17, 15) is 15.3 Å². The van der Waals surface area contributed by atoms with Gasteiger partial charge in [0.15, 0.2) is 17.2 Å². The van der Waals surface area contributed by atoms with Crippen LogP contribution in [0.5, 0.6) is 0 Å². The second-order valence-corrected chi connectivity index (χ2v) is 4.87. The van der Waals surface area contributed by atoms with E-state index < -0.39 is 30.6 Å². The third kappa shape index (κ3) is 1.61. The summed E-state index contributed by atoms with van der Waals surface area (Å²) in [6.07, 6.45) is -0.646. The molecule has 1 fully saturated rings. The van der Waals surface area contributed by atoms with Crippen molar-refractivity contribution in [1.82, 2.24) is 19.5 Å². The number of nitrogens with zero attached hydrogens (tertiary/aromatic N) is 4. The molecule has 2 aromatic rings. The number of anilines is 1. The largest absolute Gasteiger partial charge is 0.394 e. The Morgan fingerprint density at radius 3 is 2.80 bits per heavy atom. The summed E-state index contributed by atoms with van der Waals surface area (Å²) in [6, 6.07) is 0. The molecule has 9 heteroatoms. The zero-order valence-electron chi connectivity index (χ0n) is 10.7. The normalized spacial score (nSPS) is 33.9. The van der Waals surface area contributed by atoms with Gasteiger partial charge in [0.05, 0.1) is 12.9 Å². The molecule has 0 unspecified atom stereocenters. The van der Waals surface area contributed by atoms with E-state index in [1.54, 1.807) is 6.92 Å². The number of nitrogens with two attached hydrogens (primary N) is 1. The van der Waals surface area contributed by atoms with Gasteiger partial charge >= 0.3 is 0 Å². The summed E-state index contributed by atoms with van der Waals surface area (Å²) < 4.78 is 7.06. The van der Waals surface area contributed by atoms with Gasteiger partial charge in [-0.15, -0.1) is 0 Å². The van der Waals surface area contributed by atoms with Crippen LogP contribution in [0, 0.1) is 0 Å². The number of aliphatic hydroxyl groups excluding tert-OH is 3. The molecular formula is C11H15N5O4. The Kier molecular flexibility index (Phi) is 2.87. The fourth-order valence-electron chi connectivity index (χ4n) is 2.49. The molecule has 0 radical (unpaired) electrons. The van der Waals surface area contributed by atoms with Gasteiger partial charge in [0.1, 0.15) is 30.2 Å². The fourth-order valence-corrected chi connectivity index (χ4v) is 2.49. The first kappa shape index (κ1) is 13.2. The van der Waals surface area contributed by atoms with Crippen LogP contribution in [0.25, 0.3) is 11.2 Å². The summed E-state index contributed by atoms with van der Waals surface area (Å²) in [5.74, 6) is 0.212. The van der Waals surface area contributed by atoms with E-state index in [1.807, 2.05) is 0 Å². The van der Waals surface area contributed by atoms with Crippen molar-refractivity contribution in [1.29, 1.82) is 0 Å². The van der Waals surface area contributed by atoms with Crippen LogP contribution < -0.4 is 5.73 Å². The molecule has 5 N–H and O–H groups in total. The predicted molar refractivity (Wildman–Crippen MR) is 67.4 cm³/mol. The lowest BCUT2D eigenvalue weighted by Gasteiger charge is -2.29. The van der Waals surface area contributed by atoms with Gasteiger partial charge in [0.25, 0.3) is 0 Å². The molecule has 2 aromatic heterocycles. The van der Waals surface area contributed by atoms with Crippen molar-refractivity contribution in [3.05, 3.63) is 12.7 Å². The van der Waals surface area contributed by atoms with Crippen LogP contribution in [0.2, 0.25) is 0 Å². The fraction of sp³-hybridized carbons (Fsp3) is 0.545. The van der Waals surface area contributed by atoms with Gasteiger partial charge in [-0.2, -0.15) is 0 Å². The first-order valence-electron chi connectivity index (χ1n) is 6.08. The molecule has 3 heterocycles. The molecule has 20 heavy (non-hydrogen) atoms. The maximum Gasteiger partial charge on any atom is 0.173 e. The van der Waals surface area contributed by atoms with Crippen LogP contribution >= 0.6 is 0 Å². The number of hydrogen-bond donors (Lipinski definition) is 4. The standard InChI is InChI=1S/C11H15N5O4/c1-11(8(19)7(18)5(2-17)20-11)16-4-15-6-9(12)13-3-14-10(6)16/h3-5,7-8,17-19H,2H2,1H3,(H2,12,13,14)/t5-,7-,8-,11-/m1/s1. The lowest BCUT2D eigenvalue weighted by atomic mass is 10.0. The minimum Gasteiger partial charge on any atom is -0.394 e. The molecule has 0 saturated carbocycles. The monoisotopic (exact) mass is 281 g/mol.